The number of thioether (sulfide) groups is 1. The zero-order chi connectivity index (χ0) is 23.1. The molecule has 0 unspecified atom stereocenters. The summed E-state index contributed by atoms with van der Waals surface area (Å²) in [6.45, 7) is 0.338. The van der Waals surface area contributed by atoms with Crippen LogP contribution in [0.15, 0.2) is 108 Å². The van der Waals surface area contributed by atoms with Crippen molar-refractivity contribution in [3.8, 4) is 5.75 Å². The van der Waals surface area contributed by atoms with E-state index in [9.17, 15) is 9.18 Å². The molecule has 1 atom stereocenters. The molecular formula is C29H20FNO2S. The van der Waals surface area contributed by atoms with Gasteiger partial charge in [-0.25, -0.2) is 4.39 Å². The number of nitrogens with one attached hydrogen (secondary N) is 1. The van der Waals surface area contributed by atoms with Crippen molar-refractivity contribution in [2.75, 3.05) is 5.32 Å². The minimum Gasteiger partial charge on any atom is -0.489 e. The maximum atomic E-state index is 13.6. The van der Waals surface area contributed by atoms with Gasteiger partial charge in [-0.3, -0.25) is 4.79 Å². The lowest BCUT2D eigenvalue weighted by atomic mass is 10.0. The summed E-state index contributed by atoms with van der Waals surface area (Å²) in [4.78, 5) is 14.7. The van der Waals surface area contributed by atoms with Crippen LogP contribution in [0.3, 0.4) is 0 Å². The highest BCUT2D eigenvalue weighted by atomic mass is 32.2. The molecule has 3 nitrogen and oxygen atoms in total. The Kier molecular flexibility index (Phi) is 5.19. The molecule has 1 N–H and O–H groups in total. The highest BCUT2D eigenvalue weighted by Gasteiger charge is 2.38. The van der Waals surface area contributed by atoms with E-state index in [1.165, 1.54) is 12.1 Å². The molecule has 0 saturated heterocycles. The maximum Gasteiger partial charge on any atom is 0.193 e. The largest absolute Gasteiger partial charge is 0.489 e. The third-order valence-electron chi connectivity index (χ3n) is 6.09. The molecule has 0 saturated carbocycles. The van der Waals surface area contributed by atoms with Crippen molar-refractivity contribution in [3.05, 3.63) is 131 Å². The van der Waals surface area contributed by atoms with Gasteiger partial charge in [-0.05, 0) is 47.5 Å². The number of carbonyl (C=O) groups is 1. The van der Waals surface area contributed by atoms with Gasteiger partial charge in [0.25, 0.3) is 0 Å². The maximum absolute atomic E-state index is 13.6. The first-order valence-electron chi connectivity index (χ1n) is 11.1. The van der Waals surface area contributed by atoms with Gasteiger partial charge in [-0.1, -0.05) is 60.7 Å². The van der Waals surface area contributed by atoms with Crippen molar-refractivity contribution in [2.45, 2.75) is 16.8 Å². The summed E-state index contributed by atoms with van der Waals surface area (Å²) in [6.07, 6.45) is 0. The predicted molar refractivity (Wildman–Crippen MR) is 134 cm³/mol. The van der Waals surface area contributed by atoms with E-state index in [4.69, 9.17) is 4.74 Å². The topological polar surface area (TPSA) is 38.3 Å². The molecule has 0 fully saturated rings. The molecule has 0 radical (unpaired) electrons. The average Bonchev–Trinajstić information content (AvgIpc) is 3.03. The van der Waals surface area contributed by atoms with Crippen LogP contribution in [0.1, 0.15) is 32.3 Å². The second-order valence-corrected chi connectivity index (χ2v) is 9.42. The molecule has 0 aromatic heterocycles. The fourth-order valence-corrected chi connectivity index (χ4v) is 5.71. The fraction of sp³-hybridized carbons (Fsp3) is 0.0690. The van der Waals surface area contributed by atoms with E-state index in [1.807, 2.05) is 66.7 Å². The molecule has 0 amide bonds. The van der Waals surface area contributed by atoms with Crippen LogP contribution in [0.2, 0.25) is 0 Å². The number of anilines is 1. The Morgan fingerprint density at radius 3 is 2.47 bits per heavy atom. The summed E-state index contributed by atoms with van der Waals surface area (Å²) in [5.74, 6) is 0.496. The second-order valence-electron chi connectivity index (χ2n) is 8.27. The Labute approximate surface area is 201 Å². The van der Waals surface area contributed by atoms with Crippen LogP contribution in [0.25, 0.3) is 5.70 Å². The van der Waals surface area contributed by atoms with Gasteiger partial charge in [0.15, 0.2) is 5.78 Å². The van der Waals surface area contributed by atoms with Crippen LogP contribution < -0.4 is 10.1 Å². The third kappa shape index (κ3) is 3.68. The number of fused-ring (bicyclic) bond motifs is 3. The van der Waals surface area contributed by atoms with Crippen molar-refractivity contribution in [1.29, 1.82) is 0 Å². The predicted octanol–water partition coefficient (Wildman–Crippen LogP) is 7.27. The Morgan fingerprint density at radius 2 is 1.62 bits per heavy atom. The normalized spacial score (nSPS) is 16.3. The van der Waals surface area contributed by atoms with Gasteiger partial charge in [0.2, 0.25) is 0 Å². The van der Waals surface area contributed by atoms with Gasteiger partial charge >= 0.3 is 0 Å². The summed E-state index contributed by atoms with van der Waals surface area (Å²) in [5.41, 5.74) is 6.19. The standard InChI is InChI=1S/C29H20FNO2S/c30-20-14-12-18(13-15-20)17-33-21-7-5-6-19(16-21)29-26-27(22-8-1-2-9-23(22)28(26)32)31-24-10-3-4-11-25(24)34-29/h1-16,29,31H,17H2/t29-/m0/s1. The number of halogens is 1. The number of benzene rings is 4. The van der Waals surface area contributed by atoms with E-state index in [-0.39, 0.29) is 16.9 Å². The summed E-state index contributed by atoms with van der Waals surface area (Å²) < 4.78 is 19.2. The lowest BCUT2D eigenvalue weighted by Crippen LogP contribution is -2.08. The van der Waals surface area contributed by atoms with E-state index >= 15 is 0 Å². The van der Waals surface area contributed by atoms with Gasteiger partial charge in [0, 0.05) is 21.6 Å². The van der Waals surface area contributed by atoms with E-state index in [0.717, 1.165) is 44.1 Å². The molecule has 6 rings (SSSR count). The zero-order valence-electron chi connectivity index (χ0n) is 18.1. The molecule has 1 heterocycles. The monoisotopic (exact) mass is 465 g/mol. The van der Waals surface area contributed by atoms with Crippen LogP contribution >= 0.6 is 11.8 Å². The number of para-hydroxylation sites is 1. The van der Waals surface area contributed by atoms with Gasteiger partial charge in [0.05, 0.1) is 16.6 Å². The van der Waals surface area contributed by atoms with Crippen molar-refractivity contribution >= 4 is 28.9 Å². The van der Waals surface area contributed by atoms with Crippen molar-refractivity contribution in [1.82, 2.24) is 0 Å². The highest BCUT2D eigenvalue weighted by Crippen LogP contribution is 2.52. The van der Waals surface area contributed by atoms with E-state index in [0.29, 0.717) is 12.4 Å². The van der Waals surface area contributed by atoms with Gasteiger partial charge in [-0.2, -0.15) is 0 Å². The molecular weight excluding hydrogens is 445 g/mol. The Morgan fingerprint density at radius 1 is 0.853 bits per heavy atom. The summed E-state index contributed by atoms with van der Waals surface area (Å²) in [6, 6.07) is 30.1. The van der Waals surface area contributed by atoms with Gasteiger partial charge < -0.3 is 10.1 Å². The number of ether oxygens (including phenoxy) is 1. The van der Waals surface area contributed by atoms with Crippen molar-refractivity contribution in [3.63, 3.8) is 0 Å². The zero-order valence-corrected chi connectivity index (χ0v) is 18.9. The molecule has 1 aliphatic heterocycles. The van der Waals surface area contributed by atoms with Gasteiger partial charge in [-0.15, -0.1) is 11.8 Å². The number of Topliss-reactive ketones (excluding diaryl/α,β-unsaturated/α-hetero) is 1. The summed E-state index contributed by atoms with van der Waals surface area (Å²) >= 11 is 1.67. The number of hydrogen-bond donors (Lipinski definition) is 1. The molecule has 1 aliphatic carbocycles. The van der Waals surface area contributed by atoms with Crippen LogP contribution in [0, 0.1) is 5.82 Å². The molecule has 34 heavy (non-hydrogen) atoms. The molecule has 166 valence electrons. The number of ketones is 1. The SMILES string of the molecule is O=C1C2=C(Nc3ccccc3S[C@H]2c2cccc(OCc3ccc(F)cc3)c2)c2ccccc21. The fourth-order valence-electron chi connectivity index (χ4n) is 4.43. The number of hydrogen-bond acceptors (Lipinski definition) is 4. The second kappa shape index (κ2) is 8.50. The smallest absolute Gasteiger partial charge is 0.193 e. The number of carbonyl (C=O) groups excluding carboxylic acids is 1. The Hall–Kier alpha value is -3.83. The Balaban J connectivity index is 1.39. The van der Waals surface area contributed by atoms with Crippen LogP contribution in [0.5, 0.6) is 5.75 Å². The van der Waals surface area contributed by atoms with Crippen LogP contribution in [-0.4, -0.2) is 5.78 Å². The molecule has 5 heteroatoms. The third-order valence-corrected chi connectivity index (χ3v) is 7.44. The Bertz CT molecular complexity index is 1440. The van der Waals surface area contributed by atoms with Crippen LogP contribution in [0.4, 0.5) is 10.1 Å². The van der Waals surface area contributed by atoms with E-state index < -0.39 is 0 Å². The van der Waals surface area contributed by atoms with E-state index in [1.54, 1.807) is 23.9 Å². The molecule has 2 aliphatic rings. The quantitative estimate of drug-likeness (QED) is 0.344. The van der Waals surface area contributed by atoms with Crippen molar-refractivity contribution < 1.29 is 13.9 Å². The minimum absolute atomic E-state index is 0.0565. The first-order valence-corrected chi connectivity index (χ1v) is 11.9. The lowest BCUT2D eigenvalue weighted by molar-refractivity contribution is 0.103. The van der Waals surface area contributed by atoms with Crippen LogP contribution in [-0.2, 0) is 6.61 Å². The first-order chi connectivity index (χ1) is 16.7. The average molecular weight is 466 g/mol. The molecule has 0 spiro atoms. The summed E-state index contributed by atoms with van der Waals surface area (Å²) in [5, 5.41) is 3.36. The molecule has 0 bridgehead atoms. The highest BCUT2D eigenvalue weighted by molar-refractivity contribution is 8.00. The van der Waals surface area contributed by atoms with Gasteiger partial charge in [0.1, 0.15) is 18.2 Å². The first kappa shape index (κ1) is 20.8. The lowest BCUT2D eigenvalue weighted by Gasteiger charge is -2.18. The van der Waals surface area contributed by atoms with Crippen molar-refractivity contribution in [2.24, 2.45) is 0 Å². The molecule has 4 aromatic carbocycles. The van der Waals surface area contributed by atoms with E-state index in [2.05, 4.69) is 11.4 Å². The molecule has 4 aromatic rings. The minimum atomic E-state index is -0.267. The number of rotatable bonds is 4. The summed E-state index contributed by atoms with van der Waals surface area (Å²) in [7, 11) is 0.